The second-order valence-electron chi connectivity index (χ2n) is 4.56. The minimum Gasteiger partial charge on any atom is -0.324 e. The van der Waals surface area contributed by atoms with Crippen molar-refractivity contribution in [3.8, 4) is 6.07 Å². The van der Waals surface area contributed by atoms with Gasteiger partial charge in [0.1, 0.15) is 5.41 Å². The molecule has 2 rings (SSSR count). The molecule has 0 bridgehead atoms. The van der Waals surface area contributed by atoms with Gasteiger partial charge in [0.05, 0.1) is 6.07 Å². The predicted octanol–water partition coefficient (Wildman–Crippen LogP) is 2.88. The zero-order valence-electron chi connectivity index (χ0n) is 9.99. The van der Waals surface area contributed by atoms with Gasteiger partial charge in [-0.3, -0.25) is 4.79 Å². The molecule has 88 valence electrons. The molecule has 0 spiro atoms. The van der Waals surface area contributed by atoms with Crippen LogP contribution in [-0.4, -0.2) is 5.91 Å². The summed E-state index contributed by atoms with van der Waals surface area (Å²) in [7, 11) is 0. The third kappa shape index (κ3) is 2.31. The third-order valence-corrected chi connectivity index (χ3v) is 3.18. The minimum absolute atomic E-state index is 0.149. The summed E-state index contributed by atoms with van der Waals surface area (Å²) in [6.45, 7) is 2.11. The van der Waals surface area contributed by atoms with E-state index in [0.29, 0.717) is 12.8 Å². The number of benzene rings is 1. The topological polar surface area (TPSA) is 52.9 Å². The van der Waals surface area contributed by atoms with Crippen molar-refractivity contribution < 1.29 is 4.79 Å². The number of amides is 1. The Labute approximate surface area is 101 Å². The summed E-state index contributed by atoms with van der Waals surface area (Å²) in [5.41, 5.74) is 1.23. The number of para-hydroxylation sites is 1. The largest absolute Gasteiger partial charge is 0.324 e. The molecule has 0 saturated heterocycles. The molecular weight excluding hydrogens is 212 g/mol. The van der Waals surface area contributed by atoms with Gasteiger partial charge in [-0.25, -0.2) is 0 Å². The lowest BCUT2D eigenvalue weighted by Crippen LogP contribution is -2.23. The lowest BCUT2D eigenvalue weighted by atomic mass is 10.1. The molecule has 1 N–H and O–H groups in total. The fourth-order valence-corrected chi connectivity index (χ4v) is 1.89. The van der Waals surface area contributed by atoms with Crippen LogP contribution in [0.25, 0.3) is 0 Å². The van der Waals surface area contributed by atoms with Crippen molar-refractivity contribution in [2.24, 2.45) is 5.41 Å². The molecule has 0 radical (unpaired) electrons. The maximum absolute atomic E-state index is 12.0. The van der Waals surface area contributed by atoms with Crippen LogP contribution in [0, 0.1) is 16.7 Å². The van der Waals surface area contributed by atoms with E-state index in [1.54, 1.807) is 0 Å². The average Bonchev–Trinajstić information content (AvgIpc) is 3.13. The van der Waals surface area contributed by atoms with Crippen LogP contribution in [0.3, 0.4) is 0 Å². The first-order valence-corrected chi connectivity index (χ1v) is 6.02. The summed E-state index contributed by atoms with van der Waals surface area (Å²) in [5.74, 6) is -0.149. The van der Waals surface area contributed by atoms with Gasteiger partial charge >= 0.3 is 0 Å². The number of nitrogens with one attached hydrogen (secondary N) is 1. The highest BCUT2D eigenvalue weighted by molar-refractivity contribution is 5.99. The Balaban J connectivity index is 2.14. The number of hydrogen-bond acceptors (Lipinski definition) is 2. The zero-order valence-corrected chi connectivity index (χ0v) is 9.99. The summed E-state index contributed by atoms with van der Waals surface area (Å²) < 4.78 is 0. The van der Waals surface area contributed by atoms with Crippen molar-refractivity contribution in [3.63, 3.8) is 0 Å². The molecule has 1 aromatic carbocycles. The summed E-state index contributed by atoms with van der Waals surface area (Å²) >= 11 is 0. The van der Waals surface area contributed by atoms with E-state index in [0.717, 1.165) is 24.1 Å². The number of carbonyl (C=O) groups excluding carboxylic acids is 1. The first-order chi connectivity index (χ1) is 8.22. The molecule has 3 heteroatoms. The number of nitrogens with zero attached hydrogens (tertiary/aromatic N) is 1. The standard InChI is InChI=1S/C14H16N2O/c1-2-5-11-6-3-4-7-12(11)16-13(17)14(10-15)8-9-14/h3-4,6-7H,2,5,8-9H2,1H3,(H,16,17). The van der Waals surface area contributed by atoms with Crippen LogP contribution in [0.5, 0.6) is 0 Å². The van der Waals surface area contributed by atoms with Crippen molar-refractivity contribution in [1.82, 2.24) is 0 Å². The molecule has 1 saturated carbocycles. The Hall–Kier alpha value is -1.82. The minimum atomic E-state index is -0.751. The Morgan fingerprint density at radius 2 is 2.18 bits per heavy atom. The maximum Gasteiger partial charge on any atom is 0.244 e. The smallest absolute Gasteiger partial charge is 0.244 e. The number of aryl methyl sites for hydroxylation is 1. The number of hydrogen-bond donors (Lipinski definition) is 1. The van der Waals surface area contributed by atoms with Gasteiger partial charge in [0, 0.05) is 5.69 Å². The Kier molecular flexibility index (Phi) is 3.14. The number of anilines is 1. The van der Waals surface area contributed by atoms with E-state index in [4.69, 9.17) is 5.26 Å². The van der Waals surface area contributed by atoms with Crippen LogP contribution in [0.1, 0.15) is 31.7 Å². The molecule has 1 aliphatic carbocycles. The lowest BCUT2D eigenvalue weighted by molar-refractivity contribution is -0.119. The van der Waals surface area contributed by atoms with Crippen LogP contribution in [0.2, 0.25) is 0 Å². The van der Waals surface area contributed by atoms with E-state index < -0.39 is 5.41 Å². The molecular formula is C14H16N2O. The molecule has 0 unspecified atom stereocenters. The number of carbonyl (C=O) groups is 1. The molecule has 0 atom stereocenters. The fourth-order valence-electron chi connectivity index (χ4n) is 1.89. The van der Waals surface area contributed by atoms with E-state index in [-0.39, 0.29) is 5.91 Å². The van der Waals surface area contributed by atoms with E-state index in [2.05, 4.69) is 18.3 Å². The highest BCUT2D eigenvalue weighted by Crippen LogP contribution is 2.45. The zero-order chi connectivity index (χ0) is 12.3. The van der Waals surface area contributed by atoms with Gasteiger partial charge in [0.2, 0.25) is 5.91 Å². The second-order valence-corrected chi connectivity index (χ2v) is 4.56. The van der Waals surface area contributed by atoms with Crippen molar-refractivity contribution in [2.45, 2.75) is 32.6 Å². The summed E-state index contributed by atoms with van der Waals surface area (Å²) in [4.78, 5) is 12.0. The highest BCUT2D eigenvalue weighted by atomic mass is 16.2. The van der Waals surface area contributed by atoms with Gasteiger partial charge in [-0.15, -0.1) is 0 Å². The highest BCUT2D eigenvalue weighted by Gasteiger charge is 2.50. The van der Waals surface area contributed by atoms with E-state index >= 15 is 0 Å². The van der Waals surface area contributed by atoms with Crippen LogP contribution in [0.15, 0.2) is 24.3 Å². The van der Waals surface area contributed by atoms with E-state index in [9.17, 15) is 4.79 Å². The van der Waals surface area contributed by atoms with Gasteiger partial charge < -0.3 is 5.32 Å². The SMILES string of the molecule is CCCc1ccccc1NC(=O)C1(C#N)CC1. The first kappa shape index (κ1) is 11.7. The number of rotatable bonds is 4. The Morgan fingerprint density at radius 1 is 1.47 bits per heavy atom. The van der Waals surface area contributed by atoms with Gasteiger partial charge in [-0.1, -0.05) is 31.5 Å². The van der Waals surface area contributed by atoms with Crippen molar-refractivity contribution in [2.75, 3.05) is 5.32 Å². The van der Waals surface area contributed by atoms with Crippen LogP contribution in [-0.2, 0) is 11.2 Å². The molecule has 1 fully saturated rings. The van der Waals surface area contributed by atoms with Gasteiger partial charge in [-0.2, -0.15) is 5.26 Å². The first-order valence-electron chi connectivity index (χ1n) is 6.02. The summed E-state index contributed by atoms with van der Waals surface area (Å²) in [6.07, 6.45) is 3.35. The van der Waals surface area contributed by atoms with Crippen molar-refractivity contribution in [1.29, 1.82) is 5.26 Å². The summed E-state index contributed by atoms with van der Waals surface area (Å²) in [5, 5.41) is 11.9. The fraction of sp³-hybridized carbons (Fsp3) is 0.429. The third-order valence-electron chi connectivity index (χ3n) is 3.18. The molecule has 0 heterocycles. The predicted molar refractivity (Wildman–Crippen MR) is 66.3 cm³/mol. The van der Waals surface area contributed by atoms with E-state index in [1.807, 2.05) is 24.3 Å². The monoisotopic (exact) mass is 228 g/mol. The molecule has 0 aromatic heterocycles. The van der Waals surface area contributed by atoms with Crippen LogP contribution in [0.4, 0.5) is 5.69 Å². The maximum atomic E-state index is 12.0. The van der Waals surface area contributed by atoms with Gasteiger partial charge in [0.25, 0.3) is 0 Å². The number of nitriles is 1. The van der Waals surface area contributed by atoms with Gasteiger partial charge in [0.15, 0.2) is 0 Å². The lowest BCUT2D eigenvalue weighted by Gasteiger charge is -2.12. The molecule has 3 nitrogen and oxygen atoms in total. The van der Waals surface area contributed by atoms with Gasteiger partial charge in [-0.05, 0) is 30.9 Å². The molecule has 17 heavy (non-hydrogen) atoms. The normalized spacial score (nSPS) is 16.0. The summed E-state index contributed by atoms with van der Waals surface area (Å²) in [6, 6.07) is 9.90. The molecule has 1 aliphatic rings. The Morgan fingerprint density at radius 3 is 2.76 bits per heavy atom. The quantitative estimate of drug-likeness (QED) is 0.861. The molecule has 1 amide bonds. The molecule has 0 aliphatic heterocycles. The van der Waals surface area contributed by atoms with Crippen molar-refractivity contribution in [3.05, 3.63) is 29.8 Å². The molecule has 1 aromatic rings. The Bertz CT molecular complexity index is 469. The average molecular weight is 228 g/mol. The van der Waals surface area contributed by atoms with Crippen LogP contribution < -0.4 is 5.32 Å². The van der Waals surface area contributed by atoms with E-state index in [1.165, 1.54) is 0 Å². The van der Waals surface area contributed by atoms with Crippen molar-refractivity contribution >= 4 is 11.6 Å². The second kappa shape index (κ2) is 4.58. The van der Waals surface area contributed by atoms with Crippen LogP contribution >= 0.6 is 0 Å².